The summed E-state index contributed by atoms with van der Waals surface area (Å²) in [4.78, 5) is 13.4. The maximum atomic E-state index is 11.0. The van der Waals surface area contributed by atoms with Crippen LogP contribution in [0.15, 0.2) is 0 Å². The largest absolute Gasteiger partial charge is 0.352 e. The van der Waals surface area contributed by atoms with Gasteiger partial charge in [-0.15, -0.1) is 0 Å². The topological polar surface area (TPSA) is 32.3 Å². The first kappa shape index (κ1) is 9.34. The second-order valence-electron chi connectivity index (χ2n) is 3.72. The molecular weight excluding hydrogens is 184 g/mol. The SMILES string of the molecule is O=C1CC[C@@H](CN2CCSCC2)N1. The van der Waals surface area contributed by atoms with E-state index in [-0.39, 0.29) is 5.91 Å². The fourth-order valence-corrected chi connectivity index (χ4v) is 2.89. The Labute approximate surface area is 83.2 Å². The van der Waals surface area contributed by atoms with Crippen LogP contribution in [-0.2, 0) is 4.79 Å². The van der Waals surface area contributed by atoms with Crippen LogP contribution in [0.4, 0.5) is 0 Å². The molecule has 2 saturated heterocycles. The fraction of sp³-hybridized carbons (Fsp3) is 0.889. The van der Waals surface area contributed by atoms with Gasteiger partial charge < -0.3 is 5.32 Å². The molecule has 0 aliphatic carbocycles. The number of amides is 1. The van der Waals surface area contributed by atoms with Crippen LogP contribution >= 0.6 is 11.8 Å². The van der Waals surface area contributed by atoms with Crippen molar-refractivity contribution in [2.24, 2.45) is 0 Å². The highest BCUT2D eigenvalue weighted by Crippen LogP contribution is 2.13. The Bertz CT molecular complexity index is 192. The molecule has 2 heterocycles. The zero-order chi connectivity index (χ0) is 9.10. The third-order valence-electron chi connectivity index (χ3n) is 2.67. The van der Waals surface area contributed by atoms with Gasteiger partial charge in [-0.3, -0.25) is 9.69 Å². The molecule has 0 radical (unpaired) electrons. The van der Waals surface area contributed by atoms with Gasteiger partial charge in [-0.1, -0.05) is 0 Å². The number of nitrogens with one attached hydrogen (secondary N) is 1. The molecule has 2 aliphatic heterocycles. The van der Waals surface area contributed by atoms with Crippen molar-refractivity contribution < 1.29 is 4.79 Å². The van der Waals surface area contributed by atoms with E-state index in [1.54, 1.807) is 0 Å². The summed E-state index contributed by atoms with van der Waals surface area (Å²) < 4.78 is 0. The Morgan fingerprint density at radius 1 is 1.46 bits per heavy atom. The first-order valence-corrected chi connectivity index (χ1v) is 6.09. The van der Waals surface area contributed by atoms with Crippen molar-refractivity contribution in [2.45, 2.75) is 18.9 Å². The number of hydrogen-bond acceptors (Lipinski definition) is 3. The van der Waals surface area contributed by atoms with Gasteiger partial charge in [0.2, 0.25) is 5.91 Å². The Hall–Kier alpha value is -0.220. The number of thioether (sulfide) groups is 1. The summed E-state index contributed by atoms with van der Waals surface area (Å²) in [7, 11) is 0. The predicted molar refractivity (Wildman–Crippen MR) is 54.9 cm³/mol. The van der Waals surface area contributed by atoms with Crippen LogP contribution in [0, 0.1) is 0 Å². The first-order valence-electron chi connectivity index (χ1n) is 4.94. The van der Waals surface area contributed by atoms with Gasteiger partial charge in [0.1, 0.15) is 0 Å². The zero-order valence-corrected chi connectivity index (χ0v) is 8.61. The summed E-state index contributed by atoms with van der Waals surface area (Å²) in [6.07, 6.45) is 1.76. The lowest BCUT2D eigenvalue weighted by Crippen LogP contribution is -2.42. The van der Waals surface area contributed by atoms with Gasteiger partial charge in [0.05, 0.1) is 0 Å². The van der Waals surface area contributed by atoms with E-state index >= 15 is 0 Å². The van der Waals surface area contributed by atoms with Crippen molar-refractivity contribution in [2.75, 3.05) is 31.1 Å². The van der Waals surface area contributed by atoms with Crippen molar-refractivity contribution in [1.29, 1.82) is 0 Å². The van der Waals surface area contributed by atoms with Crippen molar-refractivity contribution in [3.05, 3.63) is 0 Å². The molecule has 13 heavy (non-hydrogen) atoms. The molecule has 2 aliphatic rings. The van der Waals surface area contributed by atoms with Crippen LogP contribution in [0.1, 0.15) is 12.8 Å². The average molecular weight is 200 g/mol. The summed E-state index contributed by atoms with van der Waals surface area (Å²) in [5.41, 5.74) is 0. The van der Waals surface area contributed by atoms with Gasteiger partial charge in [0, 0.05) is 43.6 Å². The Morgan fingerprint density at radius 2 is 2.23 bits per heavy atom. The van der Waals surface area contributed by atoms with E-state index in [2.05, 4.69) is 10.2 Å². The highest BCUT2D eigenvalue weighted by molar-refractivity contribution is 7.99. The summed E-state index contributed by atoms with van der Waals surface area (Å²) in [6.45, 7) is 3.44. The van der Waals surface area contributed by atoms with Gasteiger partial charge in [0.25, 0.3) is 0 Å². The lowest BCUT2D eigenvalue weighted by Gasteiger charge is -2.28. The molecule has 0 aromatic rings. The van der Waals surface area contributed by atoms with Crippen molar-refractivity contribution in [1.82, 2.24) is 10.2 Å². The summed E-state index contributed by atoms with van der Waals surface area (Å²) >= 11 is 2.03. The highest BCUT2D eigenvalue weighted by Gasteiger charge is 2.23. The van der Waals surface area contributed by atoms with Crippen LogP contribution in [0.5, 0.6) is 0 Å². The van der Waals surface area contributed by atoms with Gasteiger partial charge in [0.15, 0.2) is 0 Å². The van der Waals surface area contributed by atoms with E-state index in [4.69, 9.17) is 0 Å². The molecule has 2 rings (SSSR count). The number of carbonyl (C=O) groups excluding carboxylic acids is 1. The summed E-state index contributed by atoms with van der Waals surface area (Å²) in [5.74, 6) is 2.73. The van der Waals surface area contributed by atoms with E-state index < -0.39 is 0 Å². The molecule has 4 heteroatoms. The predicted octanol–water partition coefficient (Wildman–Crippen LogP) is 0.314. The molecule has 0 spiro atoms. The maximum absolute atomic E-state index is 11.0. The van der Waals surface area contributed by atoms with Gasteiger partial charge in [-0.25, -0.2) is 0 Å². The van der Waals surface area contributed by atoms with Crippen LogP contribution in [-0.4, -0.2) is 48.0 Å². The molecule has 1 amide bonds. The minimum absolute atomic E-state index is 0.233. The van der Waals surface area contributed by atoms with Crippen LogP contribution < -0.4 is 5.32 Å². The van der Waals surface area contributed by atoms with Crippen molar-refractivity contribution in [3.63, 3.8) is 0 Å². The third-order valence-corrected chi connectivity index (χ3v) is 3.61. The molecule has 1 atom stereocenters. The number of carbonyl (C=O) groups is 1. The van der Waals surface area contributed by atoms with Gasteiger partial charge in [-0.2, -0.15) is 11.8 Å². The normalized spacial score (nSPS) is 30.5. The van der Waals surface area contributed by atoms with E-state index in [0.29, 0.717) is 6.04 Å². The van der Waals surface area contributed by atoms with Gasteiger partial charge >= 0.3 is 0 Å². The summed E-state index contributed by atoms with van der Waals surface area (Å²) in [5, 5.41) is 3.01. The minimum atomic E-state index is 0.233. The lowest BCUT2D eigenvalue weighted by molar-refractivity contribution is -0.119. The molecule has 2 fully saturated rings. The molecular formula is C9H16N2OS. The highest BCUT2D eigenvalue weighted by atomic mass is 32.2. The Morgan fingerprint density at radius 3 is 2.85 bits per heavy atom. The molecule has 1 N–H and O–H groups in total. The quantitative estimate of drug-likeness (QED) is 0.696. The molecule has 0 aromatic carbocycles. The third kappa shape index (κ3) is 2.61. The van der Waals surface area contributed by atoms with Crippen LogP contribution in [0.2, 0.25) is 0 Å². The van der Waals surface area contributed by atoms with E-state index in [0.717, 1.165) is 19.4 Å². The molecule has 74 valence electrons. The number of nitrogens with zero attached hydrogens (tertiary/aromatic N) is 1. The molecule has 3 nitrogen and oxygen atoms in total. The molecule has 0 bridgehead atoms. The van der Waals surface area contributed by atoms with Crippen molar-refractivity contribution in [3.8, 4) is 0 Å². The second kappa shape index (κ2) is 4.33. The zero-order valence-electron chi connectivity index (χ0n) is 7.79. The van der Waals surface area contributed by atoms with Crippen LogP contribution in [0.3, 0.4) is 0 Å². The average Bonchev–Trinajstić information content (AvgIpc) is 2.53. The Kier molecular flexibility index (Phi) is 3.11. The van der Waals surface area contributed by atoms with E-state index in [1.165, 1.54) is 24.6 Å². The molecule has 0 unspecified atom stereocenters. The monoisotopic (exact) mass is 200 g/mol. The Balaban J connectivity index is 1.73. The second-order valence-corrected chi connectivity index (χ2v) is 4.94. The summed E-state index contributed by atoms with van der Waals surface area (Å²) in [6, 6.07) is 0.426. The lowest BCUT2D eigenvalue weighted by atomic mass is 10.2. The van der Waals surface area contributed by atoms with Crippen molar-refractivity contribution >= 4 is 17.7 Å². The number of hydrogen-bond donors (Lipinski definition) is 1. The number of rotatable bonds is 2. The molecule has 0 saturated carbocycles. The molecule has 0 aromatic heterocycles. The van der Waals surface area contributed by atoms with E-state index in [9.17, 15) is 4.79 Å². The van der Waals surface area contributed by atoms with E-state index in [1.807, 2.05) is 11.8 Å². The fourth-order valence-electron chi connectivity index (χ4n) is 1.91. The maximum Gasteiger partial charge on any atom is 0.220 e. The standard InChI is InChI=1S/C9H16N2OS/c12-9-2-1-8(10-9)7-11-3-5-13-6-4-11/h8H,1-7H2,(H,10,12)/t8-/m0/s1. The van der Waals surface area contributed by atoms with Crippen LogP contribution in [0.25, 0.3) is 0 Å². The smallest absolute Gasteiger partial charge is 0.220 e. The first-order chi connectivity index (χ1) is 6.34. The van der Waals surface area contributed by atoms with Gasteiger partial charge in [-0.05, 0) is 6.42 Å². The minimum Gasteiger partial charge on any atom is -0.352 e.